The van der Waals surface area contributed by atoms with Crippen LogP contribution in [0.15, 0.2) is 36.4 Å². The Labute approximate surface area is 150 Å². The van der Waals surface area contributed by atoms with Crippen LogP contribution in [0.4, 0.5) is 23.2 Å². The fraction of sp³-hybridized carbons (Fsp3) is 0.118. The van der Waals surface area contributed by atoms with E-state index >= 15 is 0 Å². The van der Waals surface area contributed by atoms with Crippen molar-refractivity contribution in [1.82, 2.24) is 0 Å². The lowest BCUT2D eigenvalue weighted by Gasteiger charge is -2.11. The second kappa shape index (κ2) is 7.25. The third kappa shape index (κ3) is 3.91. The molecule has 0 aromatic heterocycles. The van der Waals surface area contributed by atoms with Crippen LogP contribution in [-0.2, 0) is 4.79 Å². The molecular formula is C17H10ClF4NO3. The number of anilines is 1. The summed E-state index contributed by atoms with van der Waals surface area (Å²) in [5.41, 5.74) is 1.26. The minimum Gasteiger partial charge on any atom is -0.435 e. The Morgan fingerprint density at radius 2 is 1.73 bits per heavy atom. The highest BCUT2D eigenvalue weighted by Gasteiger charge is 2.25. The van der Waals surface area contributed by atoms with Crippen molar-refractivity contribution in [1.29, 1.82) is 0 Å². The van der Waals surface area contributed by atoms with Gasteiger partial charge in [0.15, 0.2) is 0 Å². The van der Waals surface area contributed by atoms with Crippen molar-refractivity contribution in [2.24, 2.45) is 0 Å². The molecule has 1 aliphatic heterocycles. The van der Waals surface area contributed by atoms with E-state index < -0.39 is 24.9 Å². The molecule has 9 heteroatoms. The number of alkyl halides is 4. The first-order valence-corrected chi connectivity index (χ1v) is 7.58. The molecule has 0 aliphatic carbocycles. The number of carbonyl (C=O) groups is 1. The van der Waals surface area contributed by atoms with E-state index in [1.165, 1.54) is 12.1 Å². The molecule has 4 nitrogen and oxygen atoms in total. The predicted octanol–water partition coefficient (Wildman–Crippen LogP) is 5.04. The minimum atomic E-state index is -3.19. The summed E-state index contributed by atoms with van der Waals surface area (Å²) in [6.45, 7) is -6.30. The summed E-state index contributed by atoms with van der Waals surface area (Å²) in [4.78, 5) is 12.2. The standard InChI is InChI=1S/C17H10ClF4NO3/c18-9-2-4-13-11(6-9)12(15(24)23-13)5-8-1-3-10(25-16(19)20)7-14(8)26-17(21)22/h1-7,16-17H,(H,23,24)/b12-5+. The molecule has 2 aromatic carbocycles. The lowest BCUT2D eigenvalue weighted by Crippen LogP contribution is -2.06. The van der Waals surface area contributed by atoms with E-state index in [9.17, 15) is 22.4 Å². The second-order valence-electron chi connectivity index (χ2n) is 5.16. The molecule has 0 atom stereocenters. The topological polar surface area (TPSA) is 47.6 Å². The van der Waals surface area contributed by atoms with E-state index in [-0.39, 0.29) is 16.9 Å². The summed E-state index contributed by atoms with van der Waals surface area (Å²) in [7, 11) is 0. The van der Waals surface area contributed by atoms with Crippen molar-refractivity contribution >= 4 is 34.8 Å². The molecule has 0 saturated carbocycles. The van der Waals surface area contributed by atoms with Crippen LogP contribution < -0.4 is 14.8 Å². The third-order valence-corrected chi connectivity index (χ3v) is 3.73. The van der Waals surface area contributed by atoms with Crippen molar-refractivity contribution < 1.29 is 31.8 Å². The summed E-state index contributed by atoms with van der Waals surface area (Å²) in [5, 5.41) is 3.00. The van der Waals surface area contributed by atoms with Gasteiger partial charge in [-0.25, -0.2) is 0 Å². The van der Waals surface area contributed by atoms with Gasteiger partial charge in [0, 0.05) is 33.5 Å². The van der Waals surface area contributed by atoms with Crippen LogP contribution in [0, 0.1) is 0 Å². The van der Waals surface area contributed by atoms with Gasteiger partial charge in [0.25, 0.3) is 5.91 Å². The normalized spacial score (nSPS) is 14.7. The first kappa shape index (κ1) is 18.1. The van der Waals surface area contributed by atoms with Gasteiger partial charge in [0.1, 0.15) is 11.5 Å². The molecule has 1 N–H and O–H groups in total. The van der Waals surface area contributed by atoms with E-state index in [0.717, 1.165) is 12.1 Å². The highest BCUT2D eigenvalue weighted by Crippen LogP contribution is 2.37. The molecule has 0 unspecified atom stereocenters. The largest absolute Gasteiger partial charge is 0.435 e. The Morgan fingerprint density at radius 3 is 2.42 bits per heavy atom. The summed E-state index contributed by atoms with van der Waals surface area (Å²) in [6, 6.07) is 8.03. The van der Waals surface area contributed by atoms with Crippen molar-refractivity contribution in [3.8, 4) is 11.5 Å². The number of nitrogens with one attached hydrogen (secondary N) is 1. The van der Waals surface area contributed by atoms with Crippen LogP contribution in [0.2, 0.25) is 5.02 Å². The van der Waals surface area contributed by atoms with Gasteiger partial charge in [0.2, 0.25) is 0 Å². The molecule has 0 radical (unpaired) electrons. The fourth-order valence-corrected chi connectivity index (χ4v) is 2.64. The second-order valence-corrected chi connectivity index (χ2v) is 5.60. The van der Waals surface area contributed by atoms with Gasteiger partial charge >= 0.3 is 13.2 Å². The van der Waals surface area contributed by atoms with Crippen LogP contribution in [0.5, 0.6) is 11.5 Å². The molecule has 0 spiro atoms. The van der Waals surface area contributed by atoms with Crippen molar-refractivity contribution in [2.45, 2.75) is 13.2 Å². The van der Waals surface area contributed by atoms with Gasteiger partial charge in [-0.05, 0) is 36.4 Å². The lowest BCUT2D eigenvalue weighted by molar-refractivity contribution is -0.110. The number of ether oxygens (including phenoxy) is 2. The highest BCUT2D eigenvalue weighted by atomic mass is 35.5. The molecule has 136 valence electrons. The Hall–Kier alpha value is -2.74. The number of fused-ring (bicyclic) bond motifs is 1. The number of benzene rings is 2. The summed E-state index contributed by atoms with van der Waals surface area (Å²) >= 11 is 5.93. The Bertz CT molecular complexity index is 886. The minimum absolute atomic E-state index is 0.0879. The molecule has 1 amide bonds. The van der Waals surface area contributed by atoms with Crippen LogP contribution in [0.1, 0.15) is 11.1 Å². The first-order chi connectivity index (χ1) is 12.3. The van der Waals surface area contributed by atoms with Crippen LogP contribution >= 0.6 is 11.6 Å². The third-order valence-electron chi connectivity index (χ3n) is 3.49. The van der Waals surface area contributed by atoms with Crippen molar-refractivity contribution in [3.63, 3.8) is 0 Å². The zero-order valence-corrected chi connectivity index (χ0v) is 13.6. The van der Waals surface area contributed by atoms with Gasteiger partial charge in [-0.2, -0.15) is 17.6 Å². The van der Waals surface area contributed by atoms with Gasteiger partial charge < -0.3 is 14.8 Å². The molecule has 0 bridgehead atoms. The first-order valence-electron chi connectivity index (χ1n) is 7.20. The van der Waals surface area contributed by atoms with Crippen LogP contribution in [0.3, 0.4) is 0 Å². The molecular weight excluding hydrogens is 378 g/mol. The number of carbonyl (C=O) groups excluding carboxylic acids is 1. The van der Waals surface area contributed by atoms with E-state index in [0.29, 0.717) is 16.3 Å². The lowest BCUT2D eigenvalue weighted by atomic mass is 10.0. The Balaban J connectivity index is 2.05. The van der Waals surface area contributed by atoms with Gasteiger partial charge in [-0.15, -0.1) is 0 Å². The van der Waals surface area contributed by atoms with Gasteiger partial charge in [-0.1, -0.05) is 11.6 Å². The maximum Gasteiger partial charge on any atom is 0.387 e. The zero-order valence-electron chi connectivity index (χ0n) is 12.8. The summed E-state index contributed by atoms with van der Waals surface area (Å²) in [5.74, 6) is -1.22. The molecule has 0 fully saturated rings. The van der Waals surface area contributed by atoms with Gasteiger partial charge in [-0.3, -0.25) is 4.79 Å². The number of hydrogen-bond acceptors (Lipinski definition) is 3. The monoisotopic (exact) mass is 387 g/mol. The SMILES string of the molecule is O=C1Nc2ccc(Cl)cc2/C1=C\c1ccc(OC(F)F)cc1OC(F)F. The van der Waals surface area contributed by atoms with E-state index in [1.807, 2.05) is 0 Å². The fourth-order valence-electron chi connectivity index (χ4n) is 2.47. The molecule has 26 heavy (non-hydrogen) atoms. The summed E-state index contributed by atoms with van der Waals surface area (Å²) < 4.78 is 58.5. The molecule has 1 heterocycles. The summed E-state index contributed by atoms with van der Waals surface area (Å²) in [6.07, 6.45) is 1.31. The van der Waals surface area contributed by atoms with Crippen LogP contribution in [-0.4, -0.2) is 19.1 Å². The average Bonchev–Trinajstić information content (AvgIpc) is 2.84. The predicted molar refractivity (Wildman–Crippen MR) is 87.7 cm³/mol. The highest BCUT2D eigenvalue weighted by molar-refractivity contribution is 6.36. The molecule has 1 aliphatic rings. The maximum absolute atomic E-state index is 12.6. The van der Waals surface area contributed by atoms with E-state index in [4.69, 9.17) is 11.6 Å². The zero-order chi connectivity index (χ0) is 18.8. The molecule has 2 aromatic rings. The number of halogens is 5. The number of rotatable bonds is 5. The van der Waals surface area contributed by atoms with E-state index in [2.05, 4.69) is 14.8 Å². The van der Waals surface area contributed by atoms with Gasteiger partial charge in [0.05, 0.1) is 0 Å². The van der Waals surface area contributed by atoms with Crippen molar-refractivity contribution in [3.05, 3.63) is 52.5 Å². The molecule has 0 saturated heterocycles. The number of hydrogen-bond donors (Lipinski definition) is 1. The van der Waals surface area contributed by atoms with E-state index in [1.54, 1.807) is 18.2 Å². The number of amides is 1. The smallest absolute Gasteiger partial charge is 0.387 e. The quantitative estimate of drug-likeness (QED) is 0.578. The Kier molecular flexibility index (Phi) is 5.03. The van der Waals surface area contributed by atoms with Crippen molar-refractivity contribution in [2.75, 3.05) is 5.32 Å². The maximum atomic E-state index is 12.6. The molecule has 3 rings (SSSR count). The van der Waals surface area contributed by atoms with Crippen LogP contribution in [0.25, 0.3) is 11.6 Å². The Morgan fingerprint density at radius 1 is 1.00 bits per heavy atom. The average molecular weight is 388 g/mol.